The molecule has 0 aromatic carbocycles. The summed E-state index contributed by atoms with van der Waals surface area (Å²) in [5.74, 6) is -0.166. The number of nitrogens with two attached hydrogens (primary N) is 1. The standard InChI is InChI=1S/C10H17N3O2S/c1-10(2,8(11)16)9(15)13-6-3-4-7(14)12-5-6/h6H,3-5H2,1-2H3,(H2,11,16)(H,12,14)(H,13,15). The first-order valence-corrected chi connectivity index (χ1v) is 5.62. The molecule has 2 amide bonds. The molecule has 1 heterocycles. The van der Waals surface area contributed by atoms with Crippen molar-refractivity contribution in [2.45, 2.75) is 32.7 Å². The summed E-state index contributed by atoms with van der Waals surface area (Å²) in [6.07, 6.45) is 1.10. The van der Waals surface area contributed by atoms with Crippen LogP contribution in [0.4, 0.5) is 0 Å². The first-order chi connectivity index (χ1) is 7.34. The van der Waals surface area contributed by atoms with E-state index in [1.54, 1.807) is 13.8 Å². The summed E-state index contributed by atoms with van der Waals surface area (Å²) in [4.78, 5) is 23.0. The lowest BCUT2D eigenvalue weighted by Gasteiger charge is -2.28. The van der Waals surface area contributed by atoms with Crippen LogP contribution in [-0.4, -0.2) is 29.4 Å². The normalized spacial score (nSPS) is 21.1. The smallest absolute Gasteiger partial charge is 0.232 e. The maximum atomic E-state index is 11.9. The molecule has 1 atom stereocenters. The molecular weight excluding hydrogens is 226 g/mol. The predicted octanol–water partition coefficient (Wildman–Crippen LogP) is -0.306. The maximum Gasteiger partial charge on any atom is 0.232 e. The molecule has 0 spiro atoms. The van der Waals surface area contributed by atoms with E-state index < -0.39 is 5.41 Å². The number of thiocarbonyl (C=S) groups is 1. The van der Waals surface area contributed by atoms with Crippen molar-refractivity contribution >= 4 is 29.0 Å². The van der Waals surface area contributed by atoms with Gasteiger partial charge < -0.3 is 16.4 Å². The summed E-state index contributed by atoms with van der Waals surface area (Å²) in [5.41, 5.74) is 4.65. The fraction of sp³-hybridized carbons (Fsp3) is 0.700. The van der Waals surface area contributed by atoms with Crippen LogP contribution in [-0.2, 0) is 9.59 Å². The van der Waals surface area contributed by atoms with E-state index >= 15 is 0 Å². The summed E-state index contributed by atoms with van der Waals surface area (Å²) < 4.78 is 0. The topological polar surface area (TPSA) is 84.2 Å². The third kappa shape index (κ3) is 2.91. The molecule has 1 fully saturated rings. The Morgan fingerprint density at radius 2 is 2.25 bits per heavy atom. The molecule has 0 aromatic rings. The Hall–Kier alpha value is -1.17. The van der Waals surface area contributed by atoms with E-state index in [9.17, 15) is 9.59 Å². The molecule has 0 radical (unpaired) electrons. The molecule has 1 unspecified atom stereocenters. The van der Waals surface area contributed by atoms with Crippen LogP contribution < -0.4 is 16.4 Å². The monoisotopic (exact) mass is 243 g/mol. The second kappa shape index (κ2) is 4.78. The van der Waals surface area contributed by atoms with Gasteiger partial charge in [-0.3, -0.25) is 9.59 Å². The van der Waals surface area contributed by atoms with E-state index in [-0.39, 0.29) is 22.8 Å². The molecule has 1 saturated heterocycles. The van der Waals surface area contributed by atoms with Crippen LogP contribution in [0, 0.1) is 5.41 Å². The molecule has 0 aromatic heterocycles. The number of nitrogens with one attached hydrogen (secondary N) is 2. The molecule has 6 heteroatoms. The van der Waals surface area contributed by atoms with Gasteiger partial charge in [-0.15, -0.1) is 0 Å². The molecule has 0 saturated carbocycles. The zero-order valence-electron chi connectivity index (χ0n) is 9.50. The van der Waals surface area contributed by atoms with Gasteiger partial charge >= 0.3 is 0 Å². The van der Waals surface area contributed by atoms with Crippen molar-refractivity contribution < 1.29 is 9.59 Å². The predicted molar refractivity (Wildman–Crippen MR) is 64.7 cm³/mol. The van der Waals surface area contributed by atoms with Crippen LogP contribution in [0.1, 0.15) is 26.7 Å². The highest BCUT2D eigenvalue weighted by atomic mass is 32.1. The van der Waals surface area contributed by atoms with E-state index in [4.69, 9.17) is 18.0 Å². The average Bonchev–Trinajstić information content (AvgIpc) is 2.21. The summed E-state index contributed by atoms with van der Waals surface area (Å²) >= 11 is 4.84. The minimum Gasteiger partial charge on any atom is -0.392 e. The van der Waals surface area contributed by atoms with Crippen LogP contribution in [0.2, 0.25) is 0 Å². The van der Waals surface area contributed by atoms with Crippen molar-refractivity contribution in [1.29, 1.82) is 0 Å². The molecule has 0 bridgehead atoms. The number of piperidine rings is 1. The van der Waals surface area contributed by atoms with Crippen molar-refractivity contribution in [3.05, 3.63) is 0 Å². The molecule has 5 nitrogen and oxygen atoms in total. The lowest BCUT2D eigenvalue weighted by Crippen LogP contribution is -2.53. The first kappa shape index (κ1) is 12.9. The summed E-state index contributed by atoms with van der Waals surface area (Å²) in [5, 5.41) is 5.54. The maximum absolute atomic E-state index is 11.9. The molecular formula is C10H17N3O2S. The zero-order valence-corrected chi connectivity index (χ0v) is 10.3. The Bertz CT molecular complexity index is 318. The van der Waals surface area contributed by atoms with Gasteiger partial charge in [-0.1, -0.05) is 12.2 Å². The summed E-state index contributed by atoms with van der Waals surface area (Å²) in [7, 11) is 0. The lowest BCUT2D eigenvalue weighted by molar-refractivity contribution is -0.128. The van der Waals surface area contributed by atoms with Crippen molar-refractivity contribution in [2.24, 2.45) is 11.1 Å². The molecule has 0 aliphatic carbocycles. The van der Waals surface area contributed by atoms with Gasteiger partial charge in [-0.2, -0.15) is 0 Å². The third-order valence-corrected chi connectivity index (χ3v) is 3.29. The molecule has 1 rings (SSSR count). The van der Waals surface area contributed by atoms with Gasteiger partial charge in [0.1, 0.15) is 0 Å². The number of rotatable bonds is 3. The minimum atomic E-state index is -0.850. The van der Waals surface area contributed by atoms with E-state index in [0.717, 1.165) is 0 Å². The number of hydrogen-bond acceptors (Lipinski definition) is 3. The Balaban J connectivity index is 2.52. The van der Waals surface area contributed by atoms with Crippen LogP contribution in [0.25, 0.3) is 0 Å². The van der Waals surface area contributed by atoms with Crippen LogP contribution in [0.3, 0.4) is 0 Å². The Labute approximate surface area is 100 Å². The number of amides is 2. The Morgan fingerprint density at radius 3 is 2.69 bits per heavy atom. The van der Waals surface area contributed by atoms with E-state index in [0.29, 0.717) is 19.4 Å². The van der Waals surface area contributed by atoms with Gasteiger partial charge in [0, 0.05) is 19.0 Å². The van der Waals surface area contributed by atoms with Crippen molar-refractivity contribution in [3.8, 4) is 0 Å². The van der Waals surface area contributed by atoms with Crippen LogP contribution in [0.15, 0.2) is 0 Å². The van der Waals surface area contributed by atoms with E-state index in [1.165, 1.54) is 0 Å². The second-order valence-electron chi connectivity index (χ2n) is 4.50. The van der Waals surface area contributed by atoms with Gasteiger partial charge in [0.05, 0.1) is 10.4 Å². The fourth-order valence-electron chi connectivity index (χ4n) is 1.33. The molecule has 4 N–H and O–H groups in total. The number of carbonyl (C=O) groups is 2. The van der Waals surface area contributed by atoms with Crippen LogP contribution >= 0.6 is 12.2 Å². The fourth-order valence-corrected chi connectivity index (χ4v) is 1.43. The van der Waals surface area contributed by atoms with Crippen molar-refractivity contribution in [2.75, 3.05) is 6.54 Å². The molecule has 16 heavy (non-hydrogen) atoms. The van der Waals surface area contributed by atoms with Gasteiger partial charge in [-0.05, 0) is 20.3 Å². The number of carbonyl (C=O) groups excluding carboxylic acids is 2. The average molecular weight is 243 g/mol. The second-order valence-corrected chi connectivity index (χ2v) is 4.94. The molecule has 1 aliphatic rings. The van der Waals surface area contributed by atoms with E-state index in [1.807, 2.05) is 0 Å². The lowest BCUT2D eigenvalue weighted by atomic mass is 9.91. The third-order valence-electron chi connectivity index (χ3n) is 2.78. The SMILES string of the molecule is CC(C)(C(=O)NC1CCC(=O)NC1)C(N)=S. The largest absolute Gasteiger partial charge is 0.392 e. The zero-order chi connectivity index (χ0) is 12.3. The van der Waals surface area contributed by atoms with E-state index in [2.05, 4.69) is 10.6 Å². The molecule has 90 valence electrons. The highest BCUT2D eigenvalue weighted by molar-refractivity contribution is 7.80. The van der Waals surface area contributed by atoms with Gasteiger partial charge in [0.15, 0.2) is 0 Å². The highest BCUT2D eigenvalue weighted by Gasteiger charge is 2.32. The Morgan fingerprint density at radius 1 is 1.62 bits per heavy atom. The molecule has 1 aliphatic heterocycles. The minimum absolute atomic E-state index is 0.0269. The Kier molecular flexibility index (Phi) is 3.85. The summed E-state index contributed by atoms with van der Waals surface area (Å²) in [6.45, 7) is 3.84. The van der Waals surface area contributed by atoms with Gasteiger partial charge in [-0.25, -0.2) is 0 Å². The quantitative estimate of drug-likeness (QED) is 0.594. The van der Waals surface area contributed by atoms with Gasteiger partial charge in [0.2, 0.25) is 11.8 Å². The summed E-state index contributed by atoms with van der Waals surface area (Å²) in [6, 6.07) is -0.0289. The van der Waals surface area contributed by atoms with Crippen LogP contribution in [0.5, 0.6) is 0 Å². The van der Waals surface area contributed by atoms with Crippen molar-refractivity contribution in [1.82, 2.24) is 10.6 Å². The van der Waals surface area contributed by atoms with Gasteiger partial charge in [0.25, 0.3) is 0 Å². The van der Waals surface area contributed by atoms with Crippen molar-refractivity contribution in [3.63, 3.8) is 0 Å². The number of hydrogen-bond donors (Lipinski definition) is 3. The first-order valence-electron chi connectivity index (χ1n) is 5.21. The highest BCUT2D eigenvalue weighted by Crippen LogP contribution is 2.16.